The number of nitrogens with two attached hydrogens (primary N) is 1. The van der Waals surface area contributed by atoms with E-state index in [1.54, 1.807) is 30.5 Å². The summed E-state index contributed by atoms with van der Waals surface area (Å²) in [6, 6.07) is 9.49. The molecule has 4 rings (SSSR count). The molecule has 0 unspecified atom stereocenters. The summed E-state index contributed by atoms with van der Waals surface area (Å²) in [5.74, 6) is -0.372. The highest BCUT2D eigenvalue weighted by Crippen LogP contribution is 2.32. The Morgan fingerprint density at radius 2 is 2.10 bits per heavy atom. The van der Waals surface area contributed by atoms with Crippen molar-refractivity contribution in [3.8, 4) is 22.6 Å². The van der Waals surface area contributed by atoms with E-state index >= 15 is 0 Å². The van der Waals surface area contributed by atoms with Crippen LogP contribution in [0.4, 0.5) is 14.5 Å². The molecular weight excluding hydrogens is 411 g/mol. The lowest BCUT2D eigenvalue weighted by Crippen LogP contribution is -2.35. The third-order valence-corrected chi connectivity index (χ3v) is 4.53. The maximum absolute atomic E-state index is 13.0. The second kappa shape index (κ2) is 8.36. The van der Waals surface area contributed by atoms with Gasteiger partial charge in [-0.05, 0) is 29.8 Å². The fourth-order valence-corrected chi connectivity index (χ4v) is 3.18. The van der Waals surface area contributed by atoms with Crippen molar-refractivity contribution in [2.24, 2.45) is 0 Å². The molecular formula is C19H14BF2N5O4. The number of benzene rings is 2. The van der Waals surface area contributed by atoms with Gasteiger partial charge in [-0.3, -0.25) is 4.79 Å². The molecule has 9 nitrogen and oxygen atoms in total. The molecule has 0 fully saturated rings. The van der Waals surface area contributed by atoms with E-state index in [0.717, 1.165) is 0 Å². The Bertz CT molecular complexity index is 1240. The van der Waals surface area contributed by atoms with Crippen LogP contribution in [0.3, 0.4) is 0 Å². The zero-order valence-corrected chi connectivity index (χ0v) is 15.7. The molecule has 0 aliphatic rings. The standard InChI is InChI=1S/C19H14BF2N5O4/c21-19(22)31-18-8-17(27-5-1-4-25-27)13(7-14(18)20(29)30-10-28)11-2-3-12-15(23)9-24-26-16(12)6-11/h1-10,19,29H,(H2,23,26). The highest BCUT2D eigenvalue weighted by atomic mass is 19.3. The lowest BCUT2D eigenvalue weighted by atomic mass is 9.77. The Balaban J connectivity index is 1.97. The van der Waals surface area contributed by atoms with Crippen molar-refractivity contribution in [3.63, 3.8) is 0 Å². The topological polar surface area (TPSA) is 125 Å². The summed E-state index contributed by atoms with van der Waals surface area (Å²) in [4.78, 5) is 10.7. The van der Waals surface area contributed by atoms with E-state index in [9.17, 15) is 18.6 Å². The molecule has 2 aromatic carbocycles. The Morgan fingerprint density at radius 3 is 2.81 bits per heavy atom. The second-order valence-electron chi connectivity index (χ2n) is 6.35. The van der Waals surface area contributed by atoms with Crippen LogP contribution in [-0.2, 0) is 9.45 Å². The molecule has 2 aromatic heterocycles. The fourth-order valence-electron chi connectivity index (χ4n) is 3.18. The number of anilines is 1. The van der Waals surface area contributed by atoms with Gasteiger partial charge in [0, 0.05) is 34.9 Å². The normalized spacial score (nSPS) is 11.0. The van der Waals surface area contributed by atoms with Crippen molar-refractivity contribution in [1.82, 2.24) is 20.0 Å². The average Bonchev–Trinajstić information content (AvgIpc) is 3.28. The highest BCUT2D eigenvalue weighted by Gasteiger charge is 2.27. The first-order valence-corrected chi connectivity index (χ1v) is 8.89. The maximum Gasteiger partial charge on any atom is 0.565 e. The van der Waals surface area contributed by atoms with Crippen LogP contribution in [0, 0.1) is 0 Å². The van der Waals surface area contributed by atoms with Crippen molar-refractivity contribution in [2.45, 2.75) is 6.61 Å². The predicted molar refractivity (Wildman–Crippen MR) is 108 cm³/mol. The highest BCUT2D eigenvalue weighted by molar-refractivity contribution is 6.62. The number of rotatable bonds is 7. The van der Waals surface area contributed by atoms with Crippen LogP contribution >= 0.6 is 0 Å². The van der Waals surface area contributed by atoms with Crippen LogP contribution in [0.1, 0.15) is 0 Å². The number of alkyl halides is 2. The molecule has 12 heteroatoms. The van der Waals surface area contributed by atoms with Crippen molar-refractivity contribution in [2.75, 3.05) is 5.73 Å². The molecule has 0 saturated carbocycles. The summed E-state index contributed by atoms with van der Waals surface area (Å²) < 4.78 is 36.5. The lowest BCUT2D eigenvalue weighted by molar-refractivity contribution is -0.121. The van der Waals surface area contributed by atoms with Gasteiger partial charge in [-0.25, -0.2) is 4.68 Å². The van der Waals surface area contributed by atoms with Gasteiger partial charge in [0.25, 0.3) is 6.47 Å². The summed E-state index contributed by atoms with van der Waals surface area (Å²) in [7, 11) is -1.83. The minimum absolute atomic E-state index is 0.00625. The van der Waals surface area contributed by atoms with Crippen LogP contribution in [0.5, 0.6) is 5.75 Å². The van der Waals surface area contributed by atoms with Gasteiger partial charge in [-0.15, -0.1) is 0 Å². The largest absolute Gasteiger partial charge is 0.565 e. The first kappa shape index (κ1) is 20.2. The SMILES string of the molecule is Nc1cnnc2cc(-c3cc(B(O)OC=O)c(OC(F)F)cc3-n3cccn3)ccc12. The number of nitrogen functional groups attached to an aromatic ring is 1. The van der Waals surface area contributed by atoms with Gasteiger partial charge in [0.1, 0.15) is 5.75 Å². The first-order valence-electron chi connectivity index (χ1n) is 8.89. The number of halogens is 2. The van der Waals surface area contributed by atoms with Gasteiger partial charge in [0.2, 0.25) is 0 Å². The molecule has 0 aliphatic carbocycles. The van der Waals surface area contributed by atoms with Crippen molar-refractivity contribution in [1.29, 1.82) is 0 Å². The second-order valence-corrected chi connectivity index (χ2v) is 6.35. The van der Waals surface area contributed by atoms with E-state index in [2.05, 4.69) is 24.7 Å². The summed E-state index contributed by atoms with van der Waals surface area (Å²) in [6.45, 7) is -3.16. The lowest BCUT2D eigenvalue weighted by Gasteiger charge is -2.18. The molecule has 0 bridgehead atoms. The zero-order chi connectivity index (χ0) is 22.0. The summed E-state index contributed by atoms with van der Waals surface area (Å²) in [5, 5.41) is 22.9. The van der Waals surface area contributed by atoms with E-state index in [0.29, 0.717) is 33.4 Å². The molecule has 31 heavy (non-hydrogen) atoms. The van der Waals surface area contributed by atoms with Crippen LogP contribution in [-0.4, -0.2) is 45.2 Å². The first-order chi connectivity index (χ1) is 15.0. The van der Waals surface area contributed by atoms with Crippen LogP contribution in [0.15, 0.2) is 55.0 Å². The number of fused-ring (bicyclic) bond motifs is 1. The van der Waals surface area contributed by atoms with E-state index in [1.165, 1.54) is 29.2 Å². The molecule has 0 atom stereocenters. The molecule has 0 radical (unpaired) electrons. The number of aromatic nitrogens is 4. The number of carbonyl (C=O) groups is 1. The smallest absolute Gasteiger partial charge is 0.508 e. The molecule has 0 aliphatic heterocycles. The number of nitrogens with zero attached hydrogens (tertiary/aromatic N) is 4. The third kappa shape index (κ3) is 4.01. The van der Waals surface area contributed by atoms with Crippen molar-refractivity contribution < 1.29 is 28.0 Å². The number of hydrogen-bond acceptors (Lipinski definition) is 8. The van der Waals surface area contributed by atoms with Crippen molar-refractivity contribution >= 4 is 35.6 Å². The zero-order valence-electron chi connectivity index (χ0n) is 15.7. The quantitative estimate of drug-likeness (QED) is 0.337. The van der Waals surface area contributed by atoms with Crippen LogP contribution < -0.4 is 15.9 Å². The van der Waals surface area contributed by atoms with E-state index < -0.39 is 13.7 Å². The van der Waals surface area contributed by atoms with E-state index in [-0.39, 0.29) is 17.7 Å². The molecule has 0 amide bonds. The van der Waals surface area contributed by atoms with Crippen molar-refractivity contribution in [3.05, 3.63) is 55.0 Å². The summed E-state index contributed by atoms with van der Waals surface area (Å²) in [5.41, 5.74) is 8.15. The van der Waals surface area contributed by atoms with Gasteiger partial charge in [0.15, 0.2) is 0 Å². The van der Waals surface area contributed by atoms with Gasteiger partial charge < -0.3 is 20.1 Å². The van der Waals surface area contributed by atoms with E-state index in [1.807, 2.05) is 0 Å². The Hall–Kier alpha value is -4.06. The minimum atomic E-state index is -3.17. The molecule has 0 saturated heterocycles. The number of hydrogen-bond donors (Lipinski definition) is 2. The van der Waals surface area contributed by atoms with E-state index in [4.69, 9.17) is 5.73 Å². The predicted octanol–water partition coefficient (Wildman–Crippen LogP) is 1.53. The minimum Gasteiger partial charge on any atom is -0.508 e. The van der Waals surface area contributed by atoms with Gasteiger partial charge >= 0.3 is 13.7 Å². The summed E-state index contributed by atoms with van der Waals surface area (Å²) >= 11 is 0. The van der Waals surface area contributed by atoms with Crippen LogP contribution in [0.2, 0.25) is 0 Å². The molecule has 2 heterocycles. The number of carbonyl (C=O) groups excluding carboxylic acids is 1. The third-order valence-electron chi connectivity index (χ3n) is 4.53. The Kier molecular flexibility index (Phi) is 5.45. The summed E-state index contributed by atoms with van der Waals surface area (Å²) in [6.07, 6.45) is 4.56. The van der Waals surface area contributed by atoms with Gasteiger partial charge in [-0.1, -0.05) is 6.07 Å². The molecule has 3 N–H and O–H groups in total. The molecule has 0 spiro atoms. The van der Waals surface area contributed by atoms with Gasteiger partial charge in [-0.2, -0.15) is 24.1 Å². The fraction of sp³-hybridized carbons (Fsp3) is 0.0526. The Labute approximate surface area is 174 Å². The molecule has 156 valence electrons. The monoisotopic (exact) mass is 425 g/mol. The Morgan fingerprint density at radius 1 is 1.26 bits per heavy atom. The average molecular weight is 425 g/mol. The van der Waals surface area contributed by atoms with Gasteiger partial charge in [0.05, 0.1) is 23.1 Å². The van der Waals surface area contributed by atoms with Crippen LogP contribution in [0.25, 0.3) is 27.7 Å². The maximum atomic E-state index is 13.0. The molecule has 4 aromatic rings. The number of ether oxygens (including phenoxy) is 1.